The number of hydrogen-bond acceptors (Lipinski definition) is 5. The number of hydrogen-bond donors (Lipinski definition) is 0. The van der Waals surface area contributed by atoms with Crippen LogP contribution in [0.2, 0.25) is 23.2 Å². The zero-order valence-corrected chi connectivity index (χ0v) is 18.8. The first kappa shape index (κ1) is 21.5. The van der Waals surface area contributed by atoms with Crippen molar-refractivity contribution < 1.29 is 13.6 Å². The number of carbonyl (C=O) groups is 1. The van der Waals surface area contributed by atoms with Crippen molar-refractivity contribution in [1.82, 2.24) is 10.2 Å². The van der Waals surface area contributed by atoms with Gasteiger partial charge < -0.3 is 8.84 Å². The van der Waals surface area contributed by atoms with Gasteiger partial charge in [0.1, 0.15) is 6.61 Å². The minimum atomic E-state index is -1.88. The topological polar surface area (TPSA) is 65.2 Å². The smallest absolute Gasteiger partial charge is 0.247 e. The lowest BCUT2D eigenvalue weighted by atomic mass is 10.0. The van der Waals surface area contributed by atoms with Crippen molar-refractivity contribution in [2.75, 3.05) is 0 Å². The number of carbonyl (C=O) groups excluding carboxylic acids is 1. The van der Waals surface area contributed by atoms with Crippen LogP contribution in [-0.4, -0.2) is 24.3 Å². The molecule has 5 nitrogen and oxygen atoms in total. The summed E-state index contributed by atoms with van der Waals surface area (Å²) in [5.41, 5.74) is 2.34. The molecular formula is C20H27ClN2O3Si. The van der Waals surface area contributed by atoms with Gasteiger partial charge in [0.15, 0.2) is 14.1 Å². The van der Waals surface area contributed by atoms with Gasteiger partial charge in [-0.05, 0) is 61.3 Å². The molecule has 0 aliphatic rings. The van der Waals surface area contributed by atoms with Gasteiger partial charge in [-0.2, -0.15) is 0 Å². The molecule has 0 aliphatic heterocycles. The summed E-state index contributed by atoms with van der Waals surface area (Å²) in [5.74, 6) is 0.823. The number of ketones is 1. The van der Waals surface area contributed by atoms with Crippen molar-refractivity contribution in [1.29, 1.82) is 0 Å². The van der Waals surface area contributed by atoms with Crippen molar-refractivity contribution in [3.05, 3.63) is 40.8 Å². The van der Waals surface area contributed by atoms with Crippen LogP contribution >= 0.6 is 11.6 Å². The Labute approximate surface area is 166 Å². The van der Waals surface area contributed by atoms with Crippen LogP contribution in [0.5, 0.6) is 0 Å². The van der Waals surface area contributed by atoms with Crippen LogP contribution in [0.15, 0.2) is 28.7 Å². The molecular weight excluding hydrogens is 380 g/mol. The molecule has 0 saturated carbocycles. The van der Waals surface area contributed by atoms with Crippen LogP contribution in [0.25, 0.3) is 17.0 Å². The van der Waals surface area contributed by atoms with E-state index in [0.29, 0.717) is 23.4 Å². The maximum Gasteiger partial charge on any atom is 0.247 e. The molecule has 146 valence electrons. The standard InChI is InChI=1S/C20H27ClN2O3Si/c1-13(10-14(2)24)16-9-8-15(11-17(16)21)19-23-22-18(26-19)12-25-27(6,7)20(3,4)5/h8-11H,12H2,1-7H3/b13-10+. The number of rotatable bonds is 6. The van der Waals surface area contributed by atoms with E-state index in [1.807, 2.05) is 19.1 Å². The van der Waals surface area contributed by atoms with Crippen LogP contribution in [0.1, 0.15) is 46.1 Å². The number of benzene rings is 1. The maximum atomic E-state index is 11.3. The molecule has 0 atom stereocenters. The second-order valence-electron chi connectivity index (χ2n) is 8.18. The number of aromatic nitrogens is 2. The van der Waals surface area contributed by atoms with E-state index in [1.54, 1.807) is 12.1 Å². The summed E-state index contributed by atoms with van der Waals surface area (Å²) in [6.45, 7) is 14.6. The van der Waals surface area contributed by atoms with Crippen molar-refractivity contribution >= 4 is 31.3 Å². The van der Waals surface area contributed by atoms with Crippen LogP contribution in [0.4, 0.5) is 0 Å². The first-order chi connectivity index (χ1) is 12.4. The van der Waals surface area contributed by atoms with Gasteiger partial charge in [0, 0.05) is 10.6 Å². The molecule has 2 rings (SSSR count). The fraction of sp³-hybridized carbons (Fsp3) is 0.450. The quantitative estimate of drug-likeness (QED) is 0.441. The highest BCUT2D eigenvalue weighted by molar-refractivity contribution is 6.74. The Morgan fingerprint density at radius 3 is 2.48 bits per heavy atom. The molecule has 7 heteroatoms. The Balaban J connectivity index is 2.17. The molecule has 27 heavy (non-hydrogen) atoms. The van der Waals surface area contributed by atoms with E-state index in [1.165, 1.54) is 6.92 Å². The predicted octanol–water partition coefficient (Wildman–Crippen LogP) is 5.90. The fourth-order valence-corrected chi connectivity index (χ4v) is 3.48. The zero-order chi connectivity index (χ0) is 20.4. The van der Waals surface area contributed by atoms with E-state index in [-0.39, 0.29) is 10.8 Å². The molecule has 0 aliphatic carbocycles. The Morgan fingerprint density at radius 2 is 1.93 bits per heavy atom. The fourth-order valence-electron chi connectivity index (χ4n) is 2.24. The molecule has 0 bridgehead atoms. The highest BCUT2D eigenvalue weighted by atomic mass is 35.5. The van der Waals surface area contributed by atoms with E-state index in [9.17, 15) is 4.79 Å². The summed E-state index contributed by atoms with van der Waals surface area (Å²) < 4.78 is 11.9. The van der Waals surface area contributed by atoms with Gasteiger partial charge in [-0.3, -0.25) is 4.79 Å². The largest absolute Gasteiger partial charge is 0.418 e. The molecule has 0 amide bonds. The summed E-state index contributed by atoms with van der Waals surface area (Å²) >= 11 is 6.37. The summed E-state index contributed by atoms with van der Waals surface area (Å²) in [6, 6.07) is 5.47. The molecule has 1 aromatic heterocycles. The Morgan fingerprint density at radius 1 is 1.26 bits per heavy atom. The highest BCUT2D eigenvalue weighted by Gasteiger charge is 2.37. The minimum Gasteiger partial charge on any atom is -0.418 e. The van der Waals surface area contributed by atoms with Gasteiger partial charge in [0.2, 0.25) is 11.8 Å². The Hall–Kier alpha value is -1.76. The lowest BCUT2D eigenvalue weighted by Gasteiger charge is -2.35. The van der Waals surface area contributed by atoms with E-state index in [0.717, 1.165) is 16.7 Å². The second kappa shape index (κ2) is 8.08. The van der Waals surface area contributed by atoms with Crippen LogP contribution < -0.4 is 0 Å². The predicted molar refractivity (Wildman–Crippen MR) is 111 cm³/mol. The van der Waals surface area contributed by atoms with Gasteiger partial charge in [-0.1, -0.05) is 38.4 Å². The summed E-state index contributed by atoms with van der Waals surface area (Å²) in [4.78, 5) is 11.3. The summed E-state index contributed by atoms with van der Waals surface area (Å²) in [7, 11) is -1.88. The third kappa shape index (κ3) is 5.37. The number of nitrogens with zero attached hydrogens (tertiary/aromatic N) is 2. The maximum absolute atomic E-state index is 11.3. The van der Waals surface area contributed by atoms with Crippen molar-refractivity contribution in [2.24, 2.45) is 0 Å². The SMILES string of the molecule is CC(=O)/C=C(\C)c1ccc(-c2nnc(CO[Si](C)(C)C(C)(C)C)o2)cc1Cl. The molecule has 1 heterocycles. The van der Waals surface area contributed by atoms with E-state index in [4.69, 9.17) is 20.4 Å². The summed E-state index contributed by atoms with van der Waals surface area (Å²) in [5, 5.41) is 8.83. The number of allylic oxidation sites excluding steroid dienone is 2. The van der Waals surface area contributed by atoms with Gasteiger partial charge in [0.25, 0.3) is 0 Å². The Kier molecular flexibility index (Phi) is 6.45. The zero-order valence-electron chi connectivity index (χ0n) is 17.0. The Bertz CT molecular complexity index is 866. The monoisotopic (exact) mass is 406 g/mol. The van der Waals surface area contributed by atoms with Crippen LogP contribution in [0.3, 0.4) is 0 Å². The minimum absolute atomic E-state index is 0.0177. The third-order valence-electron chi connectivity index (χ3n) is 4.89. The normalized spacial score (nSPS) is 13.1. The van der Waals surface area contributed by atoms with E-state index < -0.39 is 8.32 Å². The lowest BCUT2D eigenvalue weighted by molar-refractivity contribution is -0.112. The molecule has 2 aromatic rings. The van der Waals surface area contributed by atoms with Crippen molar-refractivity contribution in [3.63, 3.8) is 0 Å². The van der Waals surface area contributed by atoms with Crippen LogP contribution in [0, 0.1) is 0 Å². The molecule has 0 radical (unpaired) electrons. The molecule has 0 saturated heterocycles. The molecule has 0 fully saturated rings. The second-order valence-corrected chi connectivity index (χ2v) is 13.4. The van der Waals surface area contributed by atoms with Gasteiger partial charge >= 0.3 is 0 Å². The first-order valence-electron chi connectivity index (χ1n) is 8.86. The highest BCUT2D eigenvalue weighted by Crippen LogP contribution is 2.37. The molecule has 1 aromatic carbocycles. The van der Waals surface area contributed by atoms with E-state index in [2.05, 4.69) is 44.1 Å². The third-order valence-corrected chi connectivity index (χ3v) is 9.68. The van der Waals surface area contributed by atoms with Gasteiger partial charge in [0.05, 0.1) is 0 Å². The van der Waals surface area contributed by atoms with E-state index >= 15 is 0 Å². The number of halogens is 1. The first-order valence-corrected chi connectivity index (χ1v) is 12.1. The lowest BCUT2D eigenvalue weighted by Crippen LogP contribution is -2.40. The van der Waals surface area contributed by atoms with Crippen molar-refractivity contribution in [3.8, 4) is 11.5 Å². The van der Waals surface area contributed by atoms with Gasteiger partial charge in [-0.15, -0.1) is 10.2 Å². The van der Waals surface area contributed by atoms with Crippen molar-refractivity contribution in [2.45, 2.75) is 59.4 Å². The average Bonchev–Trinajstić information content (AvgIpc) is 3.00. The molecule has 0 unspecified atom stereocenters. The summed E-state index contributed by atoms with van der Waals surface area (Å²) in [6.07, 6.45) is 1.56. The van der Waals surface area contributed by atoms with Crippen LogP contribution in [-0.2, 0) is 15.8 Å². The van der Waals surface area contributed by atoms with Gasteiger partial charge in [-0.25, -0.2) is 0 Å². The average molecular weight is 407 g/mol. The molecule has 0 N–H and O–H groups in total. The molecule has 0 spiro atoms.